The highest BCUT2D eigenvalue weighted by atomic mass is 16.6. The van der Waals surface area contributed by atoms with Gasteiger partial charge in [0.25, 0.3) is 5.91 Å². The number of hydrogen-bond donors (Lipinski definition) is 3. The zero-order valence-corrected chi connectivity index (χ0v) is 17.6. The average Bonchev–Trinajstić information content (AvgIpc) is 2.60. The Balaban J connectivity index is 1.91. The van der Waals surface area contributed by atoms with Crippen LogP contribution >= 0.6 is 0 Å². The van der Waals surface area contributed by atoms with E-state index in [-0.39, 0.29) is 18.0 Å². The molecule has 8 heteroatoms. The second-order valence-electron chi connectivity index (χ2n) is 8.37. The lowest BCUT2D eigenvalue weighted by molar-refractivity contribution is 0.0470. The maximum atomic E-state index is 12.3. The van der Waals surface area contributed by atoms with Crippen LogP contribution in [0.25, 0.3) is 0 Å². The molecule has 29 heavy (non-hydrogen) atoms. The van der Waals surface area contributed by atoms with Crippen molar-refractivity contribution in [2.45, 2.75) is 64.4 Å². The Bertz CT molecular complexity index is 717. The summed E-state index contributed by atoms with van der Waals surface area (Å²) in [4.78, 5) is 30.7. The molecule has 0 saturated carbocycles. The fourth-order valence-corrected chi connectivity index (χ4v) is 3.23. The minimum atomic E-state index is -0.513. The topological polar surface area (TPSA) is 110 Å². The van der Waals surface area contributed by atoms with Gasteiger partial charge in [-0.3, -0.25) is 14.7 Å². The number of pyridine rings is 1. The summed E-state index contributed by atoms with van der Waals surface area (Å²) in [6.45, 7) is 11.5. The van der Waals surface area contributed by atoms with Crippen molar-refractivity contribution in [1.82, 2.24) is 20.5 Å². The van der Waals surface area contributed by atoms with Gasteiger partial charge in [-0.1, -0.05) is 6.08 Å². The Hall–Kier alpha value is -2.45. The first kappa shape index (κ1) is 22.8. The summed E-state index contributed by atoms with van der Waals surface area (Å²) < 4.78 is 5.35. The SMILES string of the molecule is C=CCC(N)NC(=O)c1cc(CN2CCC[C@@H](NC(=O)OC(C)(C)C)C2)ccn1. The molecular weight excluding hydrogens is 370 g/mol. The number of nitrogens with one attached hydrogen (secondary N) is 2. The first-order chi connectivity index (χ1) is 13.7. The first-order valence-corrected chi connectivity index (χ1v) is 10.0. The molecule has 1 aromatic rings. The predicted octanol–water partition coefficient (Wildman–Crippen LogP) is 2.16. The maximum absolute atomic E-state index is 12.3. The summed E-state index contributed by atoms with van der Waals surface area (Å²) in [5.41, 5.74) is 6.63. The van der Waals surface area contributed by atoms with Gasteiger partial charge in [0.05, 0.1) is 6.17 Å². The van der Waals surface area contributed by atoms with Gasteiger partial charge in [0.15, 0.2) is 0 Å². The standard InChI is InChI=1S/C21H33N5O3/c1-5-7-18(22)25-19(27)17-12-15(9-10-23-17)13-26-11-6-8-16(14-26)24-20(28)29-21(2,3)4/h5,9-10,12,16,18H,1,6-8,11,13-14,22H2,2-4H3,(H,24,28)(H,25,27)/t16-,18?/m1/s1. The third-order valence-corrected chi connectivity index (χ3v) is 4.43. The molecule has 1 aliphatic rings. The predicted molar refractivity (Wildman–Crippen MR) is 112 cm³/mol. The van der Waals surface area contributed by atoms with Crippen molar-refractivity contribution in [1.29, 1.82) is 0 Å². The van der Waals surface area contributed by atoms with Crippen LogP contribution in [0, 0.1) is 0 Å². The van der Waals surface area contributed by atoms with Crippen LogP contribution in [-0.4, -0.2) is 52.8 Å². The van der Waals surface area contributed by atoms with Crippen LogP contribution in [0.1, 0.15) is 56.1 Å². The molecule has 4 N–H and O–H groups in total. The largest absolute Gasteiger partial charge is 0.444 e. The quantitative estimate of drug-likeness (QED) is 0.475. The number of aromatic nitrogens is 1. The smallest absolute Gasteiger partial charge is 0.407 e. The van der Waals surface area contributed by atoms with E-state index >= 15 is 0 Å². The Kier molecular flexibility index (Phi) is 8.16. The lowest BCUT2D eigenvalue weighted by atomic mass is 10.0. The molecule has 1 unspecified atom stereocenters. The number of ether oxygens (including phenoxy) is 1. The van der Waals surface area contributed by atoms with E-state index in [1.54, 1.807) is 18.3 Å². The van der Waals surface area contributed by atoms with E-state index in [4.69, 9.17) is 10.5 Å². The van der Waals surface area contributed by atoms with Crippen molar-refractivity contribution in [3.05, 3.63) is 42.2 Å². The molecule has 1 saturated heterocycles. The molecule has 2 atom stereocenters. The lowest BCUT2D eigenvalue weighted by Gasteiger charge is -2.33. The van der Waals surface area contributed by atoms with E-state index in [0.717, 1.165) is 31.5 Å². The fourth-order valence-electron chi connectivity index (χ4n) is 3.23. The third-order valence-electron chi connectivity index (χ3n) is 4.43. The van der Waals surface area contributed by atoms with Gasteiger partial charge in [0.2, 0.25) is 0 Å². The molecule has 1 aliphatic heterocycles. The number of alkyl carbamates (subject to hydrolysis) is 1. The first-order valence-electron chi connectivity index (χ1n) is 10.0. The zero-order chi connectivity index (χ0) is 21.4. The Morgan fingerprint density at radius 1 is 1.48 bits per heavy atom. The molecule has 0 aromatic carbocycles. The van der Waals surface area contributed by atoms with Gasteiger partial charge in [-0.2, -0.15) is 0 Å². The molecule has 1 aromatic heterocycles. The van der Waals surface area contributed by atoms with E-state index in [2.05, 4.69) is 27.1 Å². The van der Waals surface area contributed by atoms with Crippen LogP contribution in [0.4, 0.5) is 4.79 Å². The molecule has 8 nitrogen and oxygen atoms in total. The number of nitrogens with zero attached hydrogens (tertiary/aromatic N) is 2. The maximum Gasteiger partial charge on any atom is 0.407 e. The highest BCUT2D eigenvalue weighted by molar-refractivity contribution is 5.92. The number of carbonyl (C=O) groups excluding carboxylic acids is 2. The number of hydrogen-bond acceptors (Lipinski definition) is 6. The summed E-state index contributed by atoms with van der Waals surface area (Å²) >= 11 is 0. The van der Waals surface area contributed by atoms with Gasteiger partial charge in [-0.25, -0.2) is 4.79 Å². The van der Waals surface area contributed by atoms with Crippen molar-refractivity contribution >= 4 is 12.0 Å². The summed E-state index contributed by atoms with van der Waals surface area (Å²) in [7, 11) is 0. The molecule has 0 aliphatic carbocycles. The molecule has 0 radical (unpaired) electrons. The molecule has 0 bridgehead atoms. The van der Waals surface area contributed by atoms with Gasteiger partial charge < -0.3 is 21.1 Å². The molecule has 1 fully saturated rings. The number of nitrogens with two attached hydrogens (primary N) is 1. The lowest BCUT2D eigenvalue weighted by Crippen LogP contribution is -2.48. The third kappa shape index (κ3) is 8.21. The molecule has 160 valence electrons. The molecule has 2 rings (SSSR count). The van der Waals surface area contributed by atoms with Crippen LogP contribution < -0.4 is 16.4 Å². The minimum absolute atomic E-state index is 0.0418. The highest BCUT2D eigenvalue weighted by Gasteiger charge is 2.24. The molecular formula is C21H33N5O3. The van der Waals surface area contributed by atoms with E-state index in [1.807, 2.05) is 26.8 Å². The van der Waals surface area contributed by atoms with E-state index < -0.39 is 11.8 Å². The van der Waals surface area contributed by atoms with Gasteiger partial charge in [-0.05, 0) is 64.3 Å². The van der Waals surface area contributed by atoms with Crippen LogP contribution in [-0.2, 0) is 11.3 Å². The Morgan fingerprint density at radius 3 is 2.93 bits per heavy atom. The van der Waals surface area contributed by atoms with Crippen LogP contribution in [0.15, 0.2) is 31.0 Å². The molecule has 2 amide bonds. The molecule has 2 heterocycles. The Labute approximate surface area is 172 Å². The van der Waals surface area contributed by atoms with E-state index in [1.165, 1.54) is 0 Å². The monoisotopic (exact) mass is 403 g/mol. The van der Waals surface area contributed by atoms with E-state index in [9.17, 15) is 9.59 Å². The second kappa shape index (κ2) is 10.4. The normalized spacial score (nSPS) is 18.6. The van der Waals surface area contributed by atoms with Crippen molar-refractivity contribution in [3.63, 3.8) is 0 Å². The number of rotatable bonds is 7. The van der Waals surface area contributed by atoms with Crippen molar-refractivity contribution in [2.75, 3.05) is 13.1 Å². The summed E-state index contributed by atoms with van der Waals surface area (Å²) in [6.07, 6.45) is 4.81. The summed E-state index contributed by atoms with van der Waals surface area (Å²) in [6, 6.07) is 3.71. The highest BCUT2D eigenvalue weighted by Crippen LogP contribution is 2.15. The summed E-state index contributed by atoms with van der Waals surface area (Å²) in [5, 5.41) is 5.66. The van der Waals surface area contributed by atoms with Crippen LogP contribution in [0.5, 0.6) is 0 Å². The summed E-state index contributed by atoms with van der Waals surface area (Å²) in [5.74, 6) is -0.302. The van der Waals surface area contributed by atoms with Crippen molar-refractivity contribution in [2.24, 2.45) is 5.73 Å². The average molecular weight is 404 g/mol. The van der Waals surface area contributed by atoms with E-state index in [0.29, 0.717) is 18.7 Å². The number of piperidine rings is 1. The van der Waals surface area contributed by atoms with Gasteiger partial charge >= 0.3 is 6.09 Å². The van der Waals surface area contributed by atoms with Crippen molar-refractivity contribution < 1.29 is 14.3 Å². The van der Waals surface area contributed by atoms with Gasteiger partial charge in [0.1, 0.15) is 11.3 Å². The van der Waals surface area contributed by atoms with Crippen LogP contribution in [0.3, 0.4) is 0 Å². The number of amides is 2. The van der Waals surface area contributed by atoms with Crippen LogP contribution in [0.2, 0.25) is 0 Å². The van der Waals surface area contributed by atoms with Crippen molar-refractivity contribution in [3.8, 4) is 0 Å². The van der Waals surface area contributed by atoms with Gasteiger partial charge in [-0.15, -0.1) is 6.58 Å². The molecule has 0 spiro atoms. The van der Waals surface area contributed by atoms with Gasteiger partial charge in [0, 0.05) is 25.3 Å². The minimum Gasteiger partial charge on any atom is -0.444 e. The number of carbonyl (C=O) groups is 2. The zero-order valence-electron chi connectivity index (χ0n) is 17.6. The Morgan fingerprint density at radius 2 is 2.24 bits per heavy atom. The fraction of sp³-hybridized carbons (Fsp3) is 0.571. The second-order valence-corrected chi connectivity index (χ2v) is 8.37. The number of likely N-dealkylation sites (tertiary alicyclic amines) is 1.